The Bertz CT molecular complexity index is 353. The van der Waals surface area contributed by atoms with Crippen LogP contribution in [0.25, 0.3) is 0 Å². The van der Waals surface area contributed by atoms with Gasteiger partial charge in [0.1, 0.15) is 5.75 Å². The van der Waals surface area contributed by atoms with Gasteiger partial charge in [-0.05, 0) is 18.6 Å². The molecule has 0 aliphatic heterocycles. The smallest absolute Gasteiger partial charge is 0.221 e. The molecule has 0 fully saturated rings. The number of rotatable bonds is 7. The van der Waals surface area contributed by atoms with Gasteiger partial charge < -0.3 is 15.4 Å². The highest BCUT2D eigenvalue weighted by Crippen LogP contribution is 2.16. The first-order valence-corrected chi connectivity index (χ1v) is 5.91. The van der Waals surface area contributed by atoms with E-state index in [1.807, 2.05) is 31.2 Å². The summed E-state index contributed by atoms with van der Waals surface area (Å²) in [5.41, 5.74) is 0.965. The molecule has 2 N–H and O–H groups in total. The molecule has 4 nitrogen and oxygen atoms in total. The lowest BCUT2D eigenvalue weighted by Gasteiger charge is -2.08. The Balaban J connectivity index is 2.28. The lowest BCUT2D eigenvalue weighted by molar-refractivity contribution is -0.120. The van der Waals surface area contributed by atoms with E-state index >= 15 is 0 Å². The molecule has 0 saturated heterocycles. The minimum absolute atomic E-state index is 0.0854. The molecule has 0 bridgehead atoms. The summed E-state index contributed by atoms with van der Waals surface area (Å²) in [6.07, 6.45) is 1.45. The maximum absolute atomic E-state index is 11.3. The standard InChI is InChI=1S/C13H20N2O2/c1-3-8-15-13(16)7-9-14-11-5-4-6-12(10-11)17-2/h4-6,10,14H,3,7-9H2,1-2H3,(H,15,16). The van der Waals surface area contributed by atoms with Crippen molar-refractivity contribution in [2.45, 2.75) is 19.8 Å². The summed E-state index contributed by atoms with van der Waals surface area (Å²) < 4.78 is 5.12. The van der Waals surface area contributed by atoms with Crippen LogP contribution in [0.15, 0.2) is 24.3 Å². The number of amides is 1. The van der Waals surface area contributed by atoms with Gasteiger partial charge in [0.2, 0.25) is 5.91 Å². The fourth-order valence-corrected chi connectivity index (χ4v) is 1.41. The van der Waals surface area contributed by atoms with Crippen molar-refractivity contribution in [3.8, 4) is 5.75 Å². The van der Waals surface area contributed by atoms with Crippen molar-refractivity contribution in [3.63, 3.8) is 0 Å². The van der Waals surface area contributed by atoms with Crippen molar-refractivity contribution in [2.75, 3.05) is 25.5 Å². The van der Waals surface area contributed by atoms with Gasteiger partial charge in [-0.3, -0.25) is 4.79 Å². The van der Waals surface area contributed by atoms with E-state index in [0.29, 0.717) is 13.0 Å². The van der Waals surface area contributed by atoms with Crippen LogP contribution in [0.3, 0.4) is 0 Å². The molecule has 4 heteroatoms. The number of carbonyl (C=O) groups is 1. The molecular formula is C13H20N2O2. The average molecular weight is 236 g/mol. The Hall–Kier alpha value is -1.71. The van der Waals surface area contributed by atoms with E-state index in [-0.39, 0.29) is 5.91 Å². The van der Waals surface area contributed by atoms with Crippen LogP contribution in [0.2, 0.25) is 0 Å². The maximum Gasteiger partial charge on any atom is 0.221 e. The molecule has 0 spiro atoms. The summed E-state index contributed by atoms with van der Waals surface area (Å²) in [6.45, 7) is 3.41. The summed E-state index contributed by atoms with van der Waals surface area (Å²) in [4.78, 5) is 11.3. The van der Waals surface area contributed by atoms with Gasteiger partial charge in [0.05, 0.1) is 7.11 Å². The zero-order valence-electron chi connectivity index (χ0n) is 10.5. The predicted octanol–water partition coefficient (Wildman–Crippen LogP) is 2.02. The zero-order chi connectivity index (χ0) is 12.5. The summed E-state index contributed by atoms with van der Waals surface area (Å²) in [7, 11) is 1.64. The summed E-state index contributed by atoms with van der Waals surface area (Å²) in [5.74, 6) is 0.896. The number of hydrogen-bond donors (Lipinski definition) is 2. The molecule has 0 aliphatic carbocycles. The third-order valence-electron chi connectivity index (χ3n) is 2.32. The fraction of sp³-hybridized carbons (Fsp3) is 0.462. The highest BCUT2D eigenvalue weighted by Gasteiger charge is 2.00. The molecule has 1 amide bonds. The van der Waals surface area contributed by atoms with Crippen LogP contribution >= 0.6 is 0 Å². The number of nitrogens with one attached hydrogen (secondary N) is 2. The molecule has 94 valence electrons. The molecule has 0 aromatic heterocycles. The van der Waals surface area contributed by atoms with E-state index < -0.39 is 0 Å². The number of benzene rings is 1. The Morgan fingerprint density at radius 1 is 1.35 bits per heavy atom. The molecule has 0 radical (unpaired) electrons. The summed E-state index contributed by atoms with van der Waals surface area (Å²) in [5, 5.41) is 6.02. The molecule has 1 aromatic rings. The van der Waals surface area contributed by atoms with Gasteiger partial charge in [0.25, 0.3) is 0 Å². The molecule has 17 heavy (non-hydrogen) atoms. The van der Waals surface area contributed by atoms with Crippen LogP contribution in [0.1, 0.15) is 19.8 Å². The number of ether oxygens (including phenoxy) is 1. The first kappa shape index (κ1) is 13.4. The van der Waals surface area contributed by atoms with E-state index in [1.54, 1.807) is 7.11 Å². The lowest BCUT2D eigenvalue weighted by Crippen LogP contribution is -2.25. The number of carbonyl (C=O) groups excluding carboxylic acids is 1. The quantitative estimate of drug-likeness (QED) is 0.761. The highest BCUT2D eigenvalue weighted by atomic mass is 16.5. The van der Waals surface area contributed by atoms with Crippen molar-refractivity contribution >= 4 is 11.6 Å². The molecule has 0 aliphatic rings. The number of methoxy groups -OCH3 is 1. The maximum atomic E-state index is 11.3. The molecule has 0 heterocycles. The van der Waals surface area contributed by atoms with Gasteiger partial charge in [-0.1, -0.05) is 13.0 Å². The average Bonchev–Trinajstić information content (AvgIpc) is 2.36. The van der Waals surface area contributed by atoms with Gasteiger partial charge in [-0.25, -0.2) is 0 Å². The van der Waals surface area contributed by atoms with Crippen LogP contribution in [0, 0.1) is 0 Å². The summed E-state index contributed by atoms with van der Waals surface area (Å²) in [6, 6.07) is 7.66. The molecule has 0 unspecified atom stereocenters. The number of hydrogen-bond acceptors (Lipinski definition) is 3. The van der Waals surface area contributed by atoms with Crippen molar-refractivity contribution in [1.82, 2.24) is 5.32 Å². The predicted molar refractivity (Wildman–Crippen MR) is 69.4 cm³/mol. The van der Waals surface area contributed by atoms with E-state index in [9.17, 15) is 4.79 Å². The topological polar surface area (TPSA) is 50.4 Å². The second-order valence-corrected chi connectivity index (χ2v) is 3.76. The normalized spacial score (nSPS) is 9.76. The Kier molecular flexibility index (Phi) is 5.93. The largest absolute Gasteiger partial charge is 0.497 e. The van der Waals surface area contributed by atoms with E-state index in [0.717, 1.165) is 24.4 Å². The monoisotopic (exact) mass is 236 g/mol. The third kappa shape index (κ3) is 5.24. The van der Waals surface area contributed by atoms with Crippen molar-refractivity contribution < 1.29 is 9.53 Å². The van der Waals surface area contributed by atoms with Gasteiger partial charge in [-0.15, -0.1) is 0 Å². The van der Waals surface area contributed by atoms with E-state index in [2.05, 4.69) is 10.6 Å². The molecule has 1 aromatic carbocycles. The molecule has 0 atom stereocenters. The second-order valence-electron chi connectivity index (χ2n) is 3.76. The van der Waals surface area contributed by atoms with Gasteiger partial charge in [0, 0.05) is 31.3 Å². The van der Waals surface area contributed by atoms with Crippen LogP contribution in [-0.2, 0) is 4.79 Å². The van der Waals surface area contributed by atoms with Crippen LogP contribution in [0.4, 0.5) is 5.69 Å². The third-order valence-corrected chi connectivity index (χ3v) is 2.32. The lowest BCUT2D eigenvalue weighted by atomic mass is 10.3. The minimum atomic E-state index is 0.0854. The van der Waals surface area contributed by atoms with Crippen LogP contribution in [-0.4, -0.2) is 26.1 Å². The van der Waals surface area contributed by atoms with Crippen LogP contribution < -0.4 is 15.4 Å². The minimum Gasteiger partial charge on any atom is -0.497 e. The summed E-state index contributed by atoms with van der Waals surface area (Å²) >= 11 is 0. The van der Waals surface area contributed by atoms with Crippen LogP contribution in [0.5, 0.6) is 5.75 Å². The highest BCUT2D eigenvalue weighted by molar-refractivity contribution is 5.76. The number of anilines is 1. The van der Waals surface area contributed by atoms with Gasteiger partial charge in [-0.2, -0.15) is 0 Å². The van der Waals surface area contributed by atoms with Gasteiger partial charge in [0.15, 0.2) is 0 Å². The SMILES string of the molecule is CCCNC(=O)CCNc1cccc(OC)c1. The zero-order valence-corrected chi connectivity index (χ0v) is 10.5. The molecule has 0 saturated carbocycles. The first-order valence-electron chi connectivity index (χ1n) is 5.91. The molecular weight excluding hydrogens is 216 g/mol. The molecule has 1 rings (SSSR count). The van der Waals surface area contributed by atoms with Crippen molar-refractivity contribution in [1.29, 1.82) is 0 Å². The Morgan fingerprint density at radius 3 is 2.88 bits per heavy atom. The van der Waals surface area contributed by atoms with Crippen molar-refractivity contribution in [3.05, 3.63) is 24.3 Å². The Labute approximate surface area is 102 Å². The van der Waals surface area contributed by atoms with Gasteiger partial charge >= 0.3 is 0 Å². The van der Waals surface area contributed by atoms with Crippen molar-refractivity contribution in [2.24, 2.45) is 0 Å². The Morgan fingerprint density at radius 2 is 2.18 bits per heavy atom. The van der Waals surface area contributed by atoms with E-state index in [1.165, 1.54) is 0 Å². The first-order chi connectivity index (χ1) is 8.26. The second kappa shape index (κ2) is 7.54. The fourth-order valence-electron chi connectivity index (χ4n) is 1.41. The van der Waals surface area contributed by atoms with E-state index in [4.69, 9.17) is 4.74 Å².